The van der Waals surface area contributed by atoms with Crippen LogP contribution in [0.3, 0.4) is 0 Å². The molecule has 0 atom stereocenters. The zero-order valence-electron chi connectivity index (χ0n) is 75.8. The molecule has 2 aliphatic carbocycles. The van der Waals surface area contributed by atoms with Gasteiger partial charge in [0.25, 0.3) is 5.69 Å². The largest absolute Gasteiger partial charge is 0.488 e. The number of para-hydroxylation sites is 1. The zero-order valence-corrected chi connectivity index (χ0v) is 80.7. The van der Waals surface area contributed by atoms with Gasteiger partial charge in [-0.3, -0.25) is 24.4 Å². The monoisotopic (exact) mass is 2170 g/mol. The Hall–Kier alpha value is -15.0. The van der Waals surface area contributed by atoms with E-state index in [4.69, 9.17) is 24.9 Å². The molecule has 15 aromatic rings. The van der Waals surface area contributed by atoms with E-state index >= 15 is 0 Å². The Bertz CT molecular complexity index is 7740. The maximum Gasteiger partial charge on any atom is 0.435 e. The number of nitro benzene ring substituents is 1. The van der Waals surface area contributed by atoms with Crippen LogP contribution in [0, 0.1) is 33.4 Å². The number of aromatic nitrogens is 8. The molecule has 0 unspecified atom stereocenters. The first-order chi connectivity index (χ1) is 68.5. The molecule has 8 N–H and O–H groups in total. The molecule has 31 nitrogen and oxygen atoms in total. The van der Waals surface area contributed by atoms with Gasteiger partial charge in [-0.2, -0.15) is 73.1 Å². The van der Waals surface area contributed by atoms with Gasteiger partial charge in [0, 0.05) is 52.6 Å². The molecule has 4 aromatic heterocycles. The van der Waals surface area contributed by atoms with E-state index in [1.807, 2.05) is 0 Å². The number of carbonyl (C=O) groups excluding carboxylic acids is 1. The van der Waals surface area contributed by atoms with E-state index in [0.29, 0.717) is 58.0 Å². The summed E-state index contributed by atoms with van der Waals surface area (Å²) in [6.45, 7) is 0. The summed E-state index contributed by atoms with van der Waals surface area (Å²) < 4.78 is 367. The topological polar surface area (TPSA) is 457 Å². The van der Waals surface area contributed by atoms with Crippen LogP contribution in [-0.2, 0) is 91.1 Å². The number of hydrogen-bond acceptors (Lipinski definition) is 21. The molecule has 0 aliphatic heterocycles. The van der Waals surface area contributed by atoms with E-state index in [0.717, 1.165) is 142 Å². The first-order valence-electron chi connectivity index (χ1n) is 42.3. The lowest BCUT2D eigenvalue weighted by Gasteiger charge is -2.24. The number of primary sulfonamides is 3. The highest BCUT2D eigenvalue weighted by atomic mass is 32.2. The number of sulfone groups is 1. The van der Waals surface area contributed by atoms with Crippen molar-refractivity contribution < 1.29 is 140 Å². The molecule has 0 radical (unpaired) electrons. The number of halogens is 16. The number of hydrogen-bond donors (Lipinski definition) is 5. The number of nitrogens with zero attached hydrogens (tertiary/aromatic N) is 9. The zero-order chi connectivity index (χ0) is 108. The number of nitrogens with two attached hydrogens (primary N) is 3. The van der Waals surface area contributed by atoms with Gasteiger partial charge in [-0.1, -0.05) is 67.1 Å². The highest BCUT2D eigenvalue weighted by molar-refractivity contribution is 7.92. The number of anilines is 2. The standard InChI is InChI=1S/C17H12F4N2O2S.C16H11F4N3O2S.2C16H12F3N3O2S.C16H13F2NO4S.C13H18N2O5S/c1-26(24,25)14-8-6-13(7-9-14)23-15(10-16(22-23)17(19,20)21)11-2-4-12(18)5-3-11;17-11-3-1-10(2-4-11)14-9-15(16(18,19)20)22-23(14)12-5-7-13(8-6-12)26(21,24)25;17-16(18,19)15-10-14(22(21-15)12-4-2-1-3-5-12)11-6-8-13(9-7-11)25(20,23)24;17-16(18,19)15-10-14(11-4-2-1-3-5-11)22(21-15)12-6-8-13(9-7-12)25(20,23)24;1-24(21,22)19-13-6-9-2-4-14(20)11(9)8-16(13)23-15-5-3-10(17)7-12(15)18;1-21(18,19)14-12-8-7-10(15(16)17)9-13(12)20-11-5-3-2-4-6-11/h2-10H,1H3;1-9H,(H2,21,24,25);2*1-10H,(H2,20,23,24);3,5-8,19H,2,4H2,1H3;7-9,11,14H,2-6H2,1H3. The second-order valence-corrected chi connectivity index (χ2v) is 42.3. The highest BCUT2D eigenvalue weighted by Crippen LogP contribution is 2.43. The molecule has 0 amide bonds. The predicted molar refractivity (Wildman–Crippen MR) is 506 cm³/mol. The molecule has 774 valence electrons. The number of carbonyl (C=O) groups is 1. The van der Waals surface area contributed by atoms with Gasteiger partial charge in [0.1, 0.15) is 17.5 Å². The van der Waals surface area contributed by atoms with E-state index in [2.05, 4.69) is 29.8 Å². The number of rotatable bonds is 21. The van der Waals surface area contributed by atoms with Crippen LogP contribution >= 0.6 is 0 Å². The molecule has 0 bridgehead atoms. The third-order valence-electron chi connectivity index (χ3n) is 21.0. The van der Waals surface area contributed by atoms with Crippen molar-refractivity contribution in [2.24, 2.45) is 15.4 Å². The van der Waals surface area contributed by atoms with E-state index in [1.165, 1.54) is 140 Å². The summed E-state index contributed by atoms with van der Waals surface area (Å²) in [5.41, 5.74) is 0.283. The molecule has 2 aliphatic rings. The number of nitrogens with one attached hydrogen (secondary N) is 2. The number of nitro groups is 1. The molecule has 53 heteroatoms. The van der Waals surface area contributed by atoms with Crippen LogP contribution < -0.4 is 34.3 Å². The van der Waals surface area contributed by atoms with Crippen LogP contribution in [0.1, 0.15) is 77.2 Å². The molecule has 1 saturated carbocycles. The van der Waals surface area contributed by atoms with Crippen molar-refractivity contribution >= 4 is 82.8 Å². The molecule has 0 spiro atoms. The SMILES string of the molecule is CS(=O)(=O)Nc1cc2c(cc1Oc1ccc(F)cc1F)C(=O)CC2.CS(=O)(=O)Nc1ccc([N+](=O)[O-])cc1OC1CCCCC1.CS(=O)(=O)c1ccc(-n2nc(C(F)(F)F)cc2-c2ccc(F)cc2)cc1.NS(=O)(=O)c1ccc(-c2cc(C(F)(F)F)nn2-c2ccccc2)cc1.NS(=O)(=O)c1ccc(-n2nc(C(F)(F)F)cc2-c2ccc(F)cc2)cc1.NS(=O)(=O)c1ccc(-n2nc(C(F)(F)F)cc2-c2ccccc2)cc1. The van der Waals surface area contributed by atoms with Crippen LogP contribution in [0.15, 0.2) is 299 Å². The van der Waals surface area contributed by atoms with Crippen molar-refractivity contribution in [1.82, 2.24) is 39.1 Å². The minimum absolute atomic E-state index is 0.0270. The first-order valence-corrected chi connectivity index (χ1v) is 52.6. The third-order valence-corrected chi connectivity index (χ3v) is 26.1. The average Bonchev–Trinajstić information content (AvgIpc) is 1.61. The molecule has 0 saturated heterocycles. The molecule has 147 heavy (non-hydrogen) atoms. The van der Waals surface area contributed by atoms with Crippen molar-refractivity contribution in [3.8, 4) is 85.0 Å². The second kappa shape index (κ2) is 44.5. The van der Waals surface area contributed by atoms with Gasteiger partial charge < -0.3 is 9.47 Å². The quantitative estimate of drug-likeness (QED) is 0.0253. The van der Waals surface area contributed by atoms with Crippen LogP contribution in [-0.4, -0.2) is 125 Å². The lowest BCUT2D eigenvalue weighted by Crippen LogP contribution is -2.21. The van der Waals surface area contributed by atoms with E-state index < -0.39 is 136 Å². The van der Waals surface area contributed by atoms with Crippen molar-refractivity contribution in [3.05, 3.63) is 346 Å². The number of ketones is 1. The lowest BCUT2D eigenvalue weighted by atomic mass is 9.98. The maximum atomic E-state index is 13.8. The number of alkyl halides is 12. The highest BCUT2D eigenvalue weighted by Gasteiger charge is 2.40. The van der Waals surface area contributed by atoms with Gasteiger partial charge in [-0.25, -0.2) is 102 Å². The summed E-state index contributed by atoms with van der Waals surface area (Å²) in [5, 5.41) is 40.4. The number of ether oxygens (including phenoxy) is 2. The molecular formula is C94H78F16N14O17S6. The summed E-state index contributed by atoms with van der Waals surface area (Å²) >= 11 is 0. The lowest BCUT2D eigenvalue weighted by molar-refractivity contribution is -0.384. The van der Waals surface area contributed by atoms with Crippen molar-refractivity contribution in [2.45, 2.75) is 95.3 Å². The fraction of sp³-hybridized carbons (Fsp3) is 0.160. The number of benzene rings is 11. The van der Waals surface area contributed by atoms with Crippen molar-refractivity contribution in [3.63, 3.8) is 0 Å². The fourth-order valence-electron chi connectivity index (χ4n) is 14.2. The number of aryl methyl sites for hydroxylation is 1. The summed E-state index contributed by atoms with van der Waals surface area (Å²) in [5.74, 6) is -2.95. The minimum Gasteiger partial charge on any atom is -0.488 e. The van der Waals surface area contributed by atoms with Gasteiger partial charge in [-0.15, -0.1) is 0 Å². The molecule has 1 fully saturated rings. The molecule has 17 rings (SSSR count). The first kappa shape index (κ1) is 111. The number of fused-ring (bicyclic) bond motifs is 1. The predicted octanol–water partition coefficient (Wildman–Crippen LogP) is 19.8. The van der Waals surface area contributed by atoms with Crippen molar-refractivity contribution in [1.29, 1.82) is 0 Å². The third kappa shape index (κ3) is 29.9. The Morgan fingerprint density at radius 2 is 0.707 bits per heavy atom. The maximum absolute atomic E-state index is 13.8. The Labute approximate surface area is 827 Å². The Morgan fingerprint density at radius 3 is 1.06 bits per heavy atom. The van der Waals surface area contributed by atoms with Crippen molar-refractivity contribution in [2.75, 3.05) is 28.2 Å². The normalized spacial score (nSPS) is 13.1. The minimum atomic E-state index is -4.68. The Morgan fingerprint density at radius 1 is 0.367 bits per heavy atom. The van der Waals surface area contributed by atoms with Gasteiger partial charge >= 0.3 is 24.7 Å². The summed E-state index contributed by atoms with van der Waals surface area (Å²) in [7, 11) is -22.2. The van der Waals surface area contributed by atoms with E-state index in [-0.39, 0.29) is 106 Å². The van der Waals surface area contributed by atoms with Gasteiger partial charge in [-0.05, 0) is 238 Å². The van der Waals surface area contributed by atoms with Crippen LogP contribution in [0.4, 0.5) is 87.3 Å². The van der Waals surface area contributed by atoms with Crippen LogP contribution in [0.25, 0.3) is 67.8 Å². The van der Waals surface area contributed by atoms with Gasteiger partial charge in [0.2, 0.25) is 50.1 Å². The summed E-state index contributed by atoms with van der Waals surface area (Å²) in [6, 6.07) is 60.2. The smallest absolute Gasteiger partial charge is 0.435 e. The average molecular weight is 2170 g/mol. The van der Waals surface area contributed by atoms with Crippen LogP contribution in [0.2, 0.25) is 0 Å². The molecule has 4 heterocycles. The number of sulfonamides is 5. The number of Topliss-reactive ketones (excluding diaryl/α,β-unsaturated/α-hetero) is 1. The molecular weight excluding hydrogens is 2090 g/mol. The Kier molecular flexibility index (Phi) is 33.5. The second-order valence-electron chi connectivity index (χ2n) is 32.1. The van der Waals surface area contributed by atoms with E-state index in [1.54, 1.807) is 60.7 Å². The number of non-ortho nitro benzene ring substituents is 1. The van der Waals surface area contributed by atoms with E-state index in [9.17, 15) is 136 Å². The van der Waals surface area contributed by atoms with Crippen LogP contribution in [0.5, 0.6) is 17.2 Å². The molecule has 11 aromatic carbocycles. The fourth-order valence-corrected chi connectivity index (χ4v) is 17.5. The summed E-state index contributed by atoms with van der Waals surface area (Å²) in [4.78, 5) is 21.8. The van der Waals surface area contributed by atoms with Gasteiger partial charge in [0.15, 0.2) is 61.5 Å². The summed E-state index contributed by atoms with van der Waals surface area (Å²) in [6.07, 6.45) is -9.72. The van der Waals surface area contributed by atoms with Gasteiger partial charge in [0.05, 0.1) is 106 Å². The Balaban J connectivity index is 0.000000157.